The van der Waals surface area contributed by atoms with Crippen molar-refractivity contribution in [1.82, 2.24) is 10.6 Å². The van der Waals surface area contributed by atoms with Crippen LogP contribution in [0.25, 0.3) is 89.3 Å². The van der Waals surface area contributed by atoms with Gasteiger partial charge in [-0.15, -0.1) is 9.13 Å². The van der Waals surface area contributed by atoms with Crippen molar-refractivity contribution in [1.29, 1.82) is 0 Å². The fourth-order valence-electron chi connectivity index (χ4n) is 10.5. The summed E-state index contributed by atoms with van der Waals surface area (Å²) in [4.78, 5) is 26.1. The third kappa shape index (κ3) is 12.5. The Hall–Kier alpha value is -9.46. The van der Waals surface area contributed by atoms with Gasteiger partial charge in [-0.1, -0.05) is 58.4 Å². The maximum atomic E-state index is 13.7. The molecule has 0 atom stereocenters. The van der Waals surface area contributed by atoms with Crippen LogP contribution in [0.1, 0.15) is 48.4 Å². The summed E-state index contributed by atoms with van der Waals surface area (Å²) in [5, 5.41) is 6.19. The average Bonchev–Trinajstić information content (AvgIpc) is 1.58. The molecule has 0 radical (unpaired) electrons. The number of amides is 2. The van der Waals surface area contributed by atoms with Crippen LogP contribution in [0.5, 0.6) is 0 Å². The van der Waals surface area contributed by atoms with Crippen molar-refractivity contribution >= 4 is 116 Å². The van der Waals surface area contributed by atoms with Crippen LogP contribution in [0.3, 0.4) is 0 Å². The van der Waals surface area contributed by atoms with Crippen LogP contribution in [0.4, 0.5) is 20.2 Å². The number of benzene rings is 8. The molecule has 18 nitrogen and oxygen atoms in total. The van der Waals surface area contributed by atoms with Crippen molar-refractivity contribution in [3.8, 4) is 45.1 Å². The van der Waals surface area contributed by atoms with Gasteiger partial charge in [0.15, 0.2) is 0 Å². The highest BCUT2D eigenvalue weighted by Gasteiger charge is 2.53. The molecule has 8 aromatic carbocycles. The number of carbonyl (C=O) groups excluding carboxylic acids is 2. The van der Waals surface area contributed by atoms with Crippen LogP contribution in [0.2, 0.25) is 0 Å². The lowest BCUT2D eigenvalue weighted by molar-refractivity contribution is -0.573. The number of fused-ring (bicyclic) bond motifs is 4. The highest BCUT2D eigenvalue weighted by molar-refractivity contribution is 9.10. The molecule has 0 aliphatic carbocycles. The molecule has 1 saturated heterocycles. The standard InChI is InChI=1S/C31H24FN3O5S.C24H28BFN2O6S.C13H9BrNO/c1-33-31(36)29-24-16-23(20-11-14-27-26(15-20)35(18-39-27)22-7-5-4-6-8-22)25(34(2)41(3,37)38)17-28(24)40-30(29)19-9-12-21(32)13-10-19;1-23(2)24(3,4)34-25(33-23)17-12-16-19(13-18(17)28(6)35(7,30)31)32-21(20(16)22(29)27-5)14-8-10-15(26)11-9-14;14-10-6-7-13-12(8-10)15(9-16-13)11-4-2-1-3-5-11/h4-18H,1-3H3;8-13H,1-7H3,(H,27,29);1-9H/q;;+1/p+1. The summed E-state index contributed by atoms with van der Waals surface area (Å²) >= 11 is 3.47. The predicted octanol–water partition coefficient (Wildman–Crippen LogP) is 12.4. The summed E-state index contributed by atoms with van der Waals surface area (Å²) in [5.41, 5.74) is 8.42. The third-order valence-electron chi connectivity index (χ3n) is 16.3. The van der Waals surface area contributed by atoms with E-state index in [1.807, 2.05) is 122 Å². The first kappa shape index (κ1) is 64.1. The largest absolute Gasteiger partial charge is 0.497 e. The lowest BCUT2D eigenvalue weighted by Crippen LogP contribution is -2.41. The Labute approximate surface area is 537 Å². The van der Waals surface area contributed by atoms with E-state index in [0.717, 1.165) is 49.3 Å². The maximum absolute atomic E-state index is 13.7. The normalized spacial score (nSPS) is 13.6. The fraction of sp³-hybridized carbons (Fsp3) is 0.176. The van der Waals surface area contributed by atoms with Gasteiger partial charge in [0.2, 0.25) is 42.6 Å². The molecule has 0 bridgehead atoms. The highest BCUT2D eigenvalue weighted by atomic mass is 79.9. The number of furan rings is 2. The van der Waals surface area contributed by atoms with Gasteiger partial charge >= 0.3 is 19.9 Å². The fourth-order valence-corrected chi connectivity index (χ4v) is 11.9. The molecule has 4 aromatic heterocycles. The van der Waals surface area contributed by atoms with E-state index < -0.39 is 61.8 Å². The van der Waals surface area contributed by atoms with E-state index in [2.05, 4.69) is 38.7 Å². The third-order valence-corrected chi connectivity index (χ3v) is 19.2. The van der Waals surface area contributed by atoms with Crippen LogP contribution in [-0.4, -0.2) is 87.7 Å². The number of hydrogen-bond acceptors (Lipinski definition) is 12. The van der Waals surface area contributed by atoms with Gasteiger partial charge in [-0.25, -0.2) is 25.6 Å². The molecule has 2 N–H and O–H groups in total. The second-order valence-electron chi connectivity index (χ2n) is 22.8. The molecule has 5 heterocycles. The molecule has 470 valence electrons. The Morgan fingerprint density at radius 1 is 0.522 bits per heavy atom. The van der Waals surface area contributed by atoms with Crippen molar-refractivity contribution in [3.63, 3.8) is 0 Å². The van der Waals surface area contributed by atoms with Crippen LogP contribution < -0.4 is 33.8 Å². The van der Waals surface area contributed by atoms with Gasteiger partial charge in [0, 0.05) is 114 Å². The SMILES string of the molecule is Brc1ccc2oc[n+](-c3ccccc3)c2c1.CNC(=O)c1c(-c2ccc(F)cc2)oc2cc(N(C)S(C)(=O)=O)c(-c3ccc4oc[n+](-c5ccccc5)c4c3)cc12.CNC(=O)c1c(-c2ccc(F)cc2)oc2cc(N(C)S(C)(=O)=O)c(B3OC(C)(C)C(C)(C)O3)cc12. The smallest absolute Gasteiger partial charge is 0.455 e. The van der Waals surface area contributed by atoms with Gasteiger partial charge in [-0.3, -0.25) is 18.2 Å². The molecule has 2 amide bonds. The number of anilines is 2. The zero-order chi connectivity index (χ0) is 65.8. The molecule has 13 rings (SSSR count). The topological polar surface area (TPSA) is 212 Å². The zero-order valence-corrected chi connectivity index (χ0v) is 54.8. The molecule has 12 aromatic rings. The summed E-state index contributed by atoms with van der Waals surface area (Å²) in [6.45, 7) is 7.58. The summed E-state index contributed by atoms with van der Waals surface area (Å²) in [7, 11) is -2.33. The Morgan fingerprint density at radius 2 is 0.935 bits per heavy atom. The van der Waals surface area contributed by atoms with E-state index in [1.54, 1.807) is 37.1 Å². The number of oxazole rings is 2. The van der Waals surface area contributed by atoms with E-state index >= 15 is 0 Å². The van der Waals surface area contributed by atoms with Crippen LogP contribution in [-0.2, 0) is 29.4 Å². The number of halogens is 3. The zero-order valence-electron chi connectivity index (χ0n) is 51.5. The van der Waals surface area contributed by atoms with E-state index in [1.165, 1.54) is 81.0 Å². The van der Waals surface area contributed by atoms with E-state index in [9.17, 15) is 35.2 Å². The van der Waals surface area contributed by atoms with Crippen molar-refractivity contribution in [3.05, 3.63) is 210 Å². The molecule has 92 heavy (non-hydrogen) atoms. The highest BCUT2D eigenvalue weighted by Crippen LogP contribution is 2.43. The quantitative estimate of drug-likeness (QED) is 0.0864. The van der Waals surface area contributed by atoms with Gasteiger partial charge in [0.05, 0.1) is 46.2 Å². The molecule has 0 saturated carbocycles. The summed E-state index contributed by atoms with van der Waals surface area (Å²) in [6, 6.07) is 49.1. The summed E-state index contributed by atoms with van der Waals surface area (Å²) in [6.07, 6.45) is 5.55. The number of nitrogens with zero attached hydrogens (tertiary/aromatic N) is 4. The number of aromatic nitrogens is 2. The Bertz CT molecular complexity index is 5030. The van der Waals surface area contributed by atoms with Crippen LogP contribution in [0, 0.1) is 11.6 Å². The van der Waals surface area contributed by atoms with E-state index in [4.69, 9.17) is 27.0 Å². The van der Waals surface area contributed by atoms with E-state index in [-0.39, 0.29) is 28.2 Å². The number of rotatable bonds is 12. The molecule has 1 aliphatic rings. The first-order valence-corrected chi connectivity index (χ1v) is 33.2. The first-order valence-electron chi connectivity index (χ1n) is 28.7. The minimum Gasteiger partial charge on any atom is -0.455 e. The Balaban J connectivity index is 0.000000153. The van der Waals surface area contributed by atoms with Gasteiger partial charge < -0.3 is 37.6 Å². The number of sulfonamides is 2. The monoisotopic (exact) mass is 1350 g/mol. The lowest BCUT2D eigenvalue weighted by Gasteiger charge is -2.32. The van der Waals surface area contributed by atoms with Gasteiger partial charge in [-0.05, 0) is 112 Å². The second kappa shape index (κ2) is 25.0. The lowest BCUT2D eigenvalue weighted by atomic mass is 9.77. The number of hydrogen-bond donors (Lipinski definition) is 2. The molecule has 24 heteroatoms. The van der Waals surface area contributed by atoms with E-state index in [0.29, 0.717) is 61.0 Å². The molecule has 0 spiro atoms. The van der Waals surface area contributed by atoms with Crippen molar-refractivity contribution < 1.29 is 71.3 Å². The van der Waals surface area contributed by atoms with Crippen molar-refractivity contribution in [2.24, 2.45) is 0 Å². The van der Waals surface area contributed by atoms with Gasteiger partial charge in [0.1, 0.15) is 34.3 Å². The molecule has 1 fully saturated rings. The average molecular weight is 1350 g/mol. The van der Waals surface area contributed by atoms with Crippen molar-refractivity contribution in [2.45, 2.75) is 38.9 Å². The molecule has 0 unspecified atom stereocenters. The maximum Gasteiger partial charge on any atom is 0.497 e. The Morgan fingerprint density at radius 3 is 1.39 bits per heavy atom. The minimum absolute atomic E-state index is 0.235. The van der Waals surface area contributed by atoms with Crippen molar-refractivity contribution in [2.75, 3.05) is 49.3 Å². The van der Waals surface area contributed by atoms with Gasteiger partial charge in [0.25, 0.3) is 22.8 Å². The molecule has 1 aliphatic heterocycles. The summed E-state index contributed by atoms with van der Waals surface area (Å²) in [5.74, 6) is -1.17. The van der Waals surface area contributed by atoms with Crippen LogP contribution >= 0.6 is 15.9 Å². The van der Waals surface area contributed by atoms with Gasteiger partial charge in [-0.2, -0.15) is 0 Å². The molecular weight excluding hydrogens is 1290 g/mol. The molecular formula is C68H62BBrF2N6O12S2+2. The number of carbonyl (C=O) groups is 2. The minimum atomic E-state index is -3.67. The number of para-hydroxylation sites is 2. The Kier molecular flexibility index (Phi) is 17.4. The summed E-state index contributed by atoms with van der Waals surface area (Å²) < 4.78 is 121. The number of nitrogens with one attached hydrogen (secondary N) is 2. The van der Waals surface area contributed by atoms with Crippen LogP contribution in [0.15, 0.2) is 205 Å². The first-order chi connectivity index (χ1) is 43.7. The predicted molar refractivity (Wildman–Crippen MR) is 354 cm³/mol. The second-order valence-corrected chi connectivity index (χ2v) is 27.7.